The van der Waals surface area contributed by atoms with Crippen LogP contribution >= 0.6 is 23.2 Å². The molecule has 0 unspecified atom stereocenters. The van der Waals surface area contributed by atoms with Gasteiger partial charge in [-0.05, 0) is 37.6 Å². The van der Waals surface area contributed by atoms with E-state index in [4.69, 9.17) is 27.9 Å². The van der Waals surface area contributed by atoms with E-state index in [1.807, 2.05) is 6.92 Å². The van der Waals surface area contributed by atoms with Crippen LogP contribution in [0.3, 0.4) is 0 Å². The zero-order chi connectivity index (χ0) is 12.1. The highest BCUT2D eigenvalue weighted by Crippen LogP contribution is 2.23. The number of carbonyl (C=O) groups is 1. The predicted molar refractivity (Wildman–Crippen MR) is 66.6 cm³/mol. The molecule has 1 aromatic rings. The molecule has 4 heteroatoms. The molecule has 0 atom stereocenters. The first-order chi connectivity index (χ1) is 7.54. The fourth-order valence-corrected chi connectivity index (χ4v) is 1.36. The number of ether oxygens (including phenoxy) is 1. The Bertz CT molecular complexity index is 425. The molecular formula is C12H12Cl2O2. The van der Waals surface area contributed by atoms with Gasteiger partial charge in [-0.2, -0.15) is 0 Å². The molecular weight excluding hydrogens is 247 g/mol. The lowest BCUT2D eigenvalue weighted by Crippen LogP contribution is -2.03. The Morgan fingerprint density at radius 3 is 2.69 bits per heavy atom. The van der Waals surface area contributed by atoms with Gasteiger partial charge in [0, 0.05) is 10.6 Å². The van der Waals surface area contributed by atoms with Crippen LogP contribution in [0, 0.1) is 0 Å². The van der Waals surface area contributed by atoms with Gasteiger partial charge in [0.15, 0.2) is 5.78 Å². The van der Waals surface area contributed by atoms with Crippen molar-refractivity contribution in [1.29, 1.82) is 0 Å². The number of ketones is 1. The second-order valence-electron chi connectivity index (χ2n) is 3.44. The lowest BCUT2D eigenvalue weighted by atomic mass is 10.1. The molecule has 2 nitrogen and oxygen atoms in total. The van der Waals surface area contributed by atoms with E-state index in [1.54, 1.807) is 18.2 Å². The van der Waals surface area contributed by atoms with Crippen LogP contribution in [0.5, 0.6) is 5.75 Å². The molecule has 0 radical (unpaired) electrons. The van der Waals surface area contributed by atoms with Gasteiger partial charge in [-0.3, -0.25) is 4.79 Å². The minimum absolute atomic E-state index is 0.0787. The van der Waals surface area contributed by atoms with Gasteiger partial charge in [0.1, 0.15) is 12.4 Å². The van der Waals surface area contributed by atoms with E-state index in [1.165, 1.54) is 12.5 Å². The van der Waals surface area contributed by atoms with Crippen molar-refractivity contribution in [2.75, 3.05) is 6.61 Å². The largest absolute Gasteiger partial charge is 0.488 e. The van der Waals surface area contributed by atoms with E-state index in [-0.39, 0.29) is 5.78 Å². The highest BCUT2D eigenvalue weighted by molar-refractivity contribution is 6.31. The SMILES string of the molecule is CC(=O)c1cc(Cl)ccc1OC/C(C)=C/Cl. The molecule has 16 heavy (non-hydrogen) atoms. The summed E-state index contributed by atoms with van der Waals surface area (Å²) in [6.07, 6.45) is 0. The molecule has 0 aliphatic rings. The number of benzene rings is 1. The third kappa shape index (κ3) is 3.54. The zero-order valence-corrected chi connectivity index (χ0v) is 10.6. The fourth-order valence-electron chi connectivity index (χ4n) is 1.13. The average Bonchev–Trinajstić information content (AvgIpc) is 2.26. The maximum atomic E-state index is 11.4. The molecule has 0 fully saturated rings. The summed E-state index contributed by atoms with van der Waals surface area (Å²) in [6.45, 7) is 3.67. The summed E-state index contributed by atoms with van der Waals surface area (Å²) >= 11 is 11.3. The van der Waals surface area contributed by atoms with Crippen molar-refractivity contribution in [2.45, 2.75) is 13.8 Å². The Balaban J connectivity index is 2.91. The standard InChI is InChI=1S/C12H12Cl2O2/c1-8(6-13)7-16-12-4-3-10(14)5-11(12)9(2)15/h3-6H,7H2,1-2H3/b8-6+. The molecule has 1 rings (SSSR count). The number of rotatable bonds is 4. The van der Waals surface area contributed by atoms with Crippen LogP contribution < -0.4 is 4.74 Å². The second-order valence-corrected chi connectivity index (χ2v) is 4.10. The van der Waals surface area contributed by atoms with E-state index < -0.39 is 0 Å². The highest BCUT2D eigenvalue weighted by Gasteiger charge is 2.09. The van der Waals surface area contributed by atoms with E-state index in [2.05, 4.69) is 0 Å². The molecule has 0 saturated carbocycles. The van der Waals surface area contributed by atoms with Crippen LogP contribution in [-0.4, -0.2) is 12.4 Å². The van der Waals surface area contributed by atoms with Gasteiger partial charge in [-0.15, -0.1) is 0 Å². The van der Waals surface area contributed by atoms with Gasteiger partial charge in [0.25, 0.3) is 0 Å². The van der Waals surface area contributed by atoms with Crippen LogP contribution in [-0.2, 0) is 0 Å². The smallest absolute Gasteiger partial charge is 0.163 e. The Labute approximate surface area is 105 Å². The summed E-state index contributed by atoms with van der Waals surface area (Å²) in [7, 11) is 0. The molecule has 86 valence electrons. The molecule has 1 aromatic carbocycles. The van der Waals surface area contributed by atoms with E-state index in [0.29, 0.717) is 22.9 Å². The van der Waals surface area contributed by atoms with Crippen LogP contribution in [0.1, 0.15) is 24.2 Å². The Kier molecular flexibility index (Phi) is 4.84. The van der Waals surface area contributed by atoms with E-state index >= 15 is 0 Å². The van der Waals surface area contributed by atoms with Crippen molar-refractivity contribution in [1.82, 2.24) is 0 Å². The third-order valence-electron chi connectivity index (χ3n) is 1.96. The Morgan fingerprint density at radius 2 is 2.12 bits per heavy atom. The second kappa shape index (κ2) is 5.92. The highest BCUT2D eigenvalue weighted by atomic mass is 35.5. The maximum absolute atomic E-state index is 11.4. The first-order valence-corrected chi connectivity index (χ1v) is 5.55. The van der Waals surface area contributed by atoms with Crippen LogP contribution in [0.2, 0.25) is 5.02 Å². The maximum Gasteiger partial charge on any atom is 0.163 e. The lowest BCUT2D eigenvalue weighted by Gasteiger charge is -2.09. The van der Waals surface area contributed by atoms with Gasteiger partial charge in [-0.25, -0.2) is 0 Å². The van der Waals surface area contributed by atoms with Crippen LogP contribution in [0.25, 0.3) is 0 Å². The fraction of sp³-hybridized carbons (Fsp3) is 0.250. The minimum atomic E-state index is -0.0787. The van der Waals surface area contributed by atoms with Crippen molar-refractivity contribution >= 4 is 29.0 Å². The summed E-state index contributed by atoms with van der Waals surface area (Å²) in [6, 6.07) is 4.96. The summed E-state index contributed by atoms with van der Waals surface area (Å²) in [5.41, 5.74) is 2.81. The number of hydrogen-bond donors (Lipinski definition) is 0. The van der Waals surface area contributed by atoms with Gasteiger partial charge in [-0.1, -0.05) is 23.2 Å². The summed E-state index contributed by atoms with van der Waals surface area (Å²) in [5, 5.41) is 0.516. The van der Waals surface area contributed by atoms with Crippen LogP contribution in [0.4, 0.5) is 0 Å². The van der Waals surface area contributed by atoms with Gasteiger partial charge < -0.3 is 4.74 Å². The predicted octanol–water partition coefficient (Wildman–Crippen LogP) is 4.06. The van der Waals surface area contributed by atoms with Gasteiger partial charge >= 0.3 is 0 Å². The summed E-state index contributed by atoms with van der Waals surface area (Å²) in [5.74, 6) is 0.444. The molecule has 0 aliphatic carbocycles. The van der Waals surface area contributed by atoms with Crippen molar-refractivity contribution in [3.8, 4) is 5.75 Å². The zero-order valence-electron chi connectivity index (χ0n) is 9.09. The summed E-state index contributed by atoms with van der Waals surface area (Å²) in [4.78, 5) is 11.4. The van der Waals surface area contributed by atoms with E-state index in [0.717, 1.165) is 5.57 Å². The first kappa shape index (κ1) is 13.1. The van der Waals surface area contributed by atoms with Crippen molar-refractivity contribution in [3.63, 3.8) is 0 Å². The monoisotopic (exact) mass is 258 g/mol. The first-order valence-electron chi connectivity index (χ1n) is 4.73. The molecule has 0 N–H and O–H groups in total. The van der Waals surface area contributed by atoms with Crippen molar-refractivity contribution in [3.05, 3.63) is 39.9 Å². The topological polar surface area (TPSA) is 26.3 Å². The number of carbonyl (C=O) groups excluding carboxylic acids is 1. The van der Waals surface area contributed by atoms with Crippen LogP contribution in [0.15, 0.2) is 29.3 Å². The van der Waals surface area contributed by atoms with Crippen molar-refractivity contribution < 1.29 is 9.53 Å². The molecule has 0 heterocycles. The van der Waals surface area contributed by atoms with E-state index in [9.17, 15) is 4.79 Å². The molecule has 0 aromatic heterocycles. The number of Topliss-reactive ketones (excluding diaryl/α,β-unsaturated/α-hetero) is 1. The molecule has 0 saturated heterocycles. The molecule has 0 amide bonds. The molecule has 0 spiro atoms. The van der Waals surface area contributed by atoms with Gasteiger partial charge in [0.2, 0.25) is 0 Å². The quantitative estimate of drug-likeness (QED) is 0.762. The normalized spacial score (nSPS) is 11.4. The molecule has 0 aliphatic heterocycles. The molecule has 0 bridgehead atoms. The average molecular weight is 259 g/mol. The summed E-state index contributed by atoms with van der Waals surface area (Å²) < 4.78 is 5.47. The lowest BCUT2D eigenvalue weighted by molar-refractivity contribution is 0.101. The third-order valence-corrected chi connectivity index (χ3v) is 2.57. The van der Waals surface area contributed by atoms with Gasteiger partial charge in [0.05, 0.1) is 5.56 Å². The number of halogens is 2. The van der Waals surface area contributed by atoms with Crippen molar-refractivity contribution in [2.24, 2.45) is 0 Å². The minimum Gasteiger partial charge on any atom is -0.488 e. The number of hydrogen-bond acceptors (Lipinski definition) is 2. The Hall–Kier alpha value is -0.990. The Morgan fingerprint density at radius 1 is 1.44 bits per heavy atom.